The van der Waals surface area contributed by atoms with E-state index in [1.165, 1.54) is 20.2 Å². The quantitative estimate of drug-likeness (QED) is 0.886. The SMILES string of the molecule is COc1cccc(N(C)C(CN)C(F)(F)F)c1. The Hall–Kier alpha value is -1.43. The normalized spacial score (nSPS) is 13.3. The summed E-state index contributed by atoms with van der Waals surface area (Å²) in [5.41, 5.74) is 5.59. The van der Waals surface area contributed by atoms with Gasteiger partial charge in [0.05, 0.1) is 7.11 Å². The standard InChI is InChI=1S/C11H15F3N2O/c1-16(10(7-15)11(12,13)14)8-4-3-5-9(6-8)17-2/h3-6,10H,7,15H2,1-2H3. The molecule has 0 spiro atoms. The minimum Gasteiger partial charge on any atom is -0.497 e. The first-order chi connectivity index (χ1) is 7.90. The van der Waals surface area contributed by atoms with Crippen molar-refractivity contribution in [2.24, 2.45) is 5.73 Å². The summed E-state index contributed by atoms with van der Waals surface area (Å²) in [6.07, 6.45) is -4.35. The smallest absolute Gasteiger partial charge is 0.409 e. The fourth-order valence-corrected chi connectivity index (χ4v) is 1.52. The maximum absolute atomic E-state index is 12.7. The maximum atomic E-state index is 12.7. The van der Waals surface area contributed by atoms with E-state index in [-0.39, 0.29) is 0 Å². The first-order valence-electron chi connectivity index (χ1n) is 5.03. The fourth-order valence-electron chi connectivity index (χ4n) is 1.52. The van der Waals surface area contributed by atoms with Crippen LogP contribution in [0.1, 0.15) is 0 Å². The van der Waals surface area contributed by atoms with Crippen molar-refractivity contribution in [3.8, 4) is 5.75 Å². The Labute approximate surface area is 98.0 Å². The Morgan fingerprint density at radius 2 is 2.06 bits per heavy atom. The van der Waals surface area contributed by atoms with Gasteiger partial charge in [-0.15, -0.1) is 0 Å². The fraction of sp³-hybridized carbons (Fsp3) is 0.455. The van der Waals surface area contributed by atoms with Crippen LogP contribution in [-0.2, 0) is 0 Å². The molecule has 0 bridgehead atoms. The van der Waals surface area contributed by atoms with Crippen molar-refractivity contribution in [1.82, 2.24) is 0 Å². The molecular weight excluding hydrogens is 233 g/mol. The monoisotopic (exact) mass is 248 g/mol. The van der Waals surface area contributed by atoms with Crippen molar-refractivity contribution in [3.05, 3.63) is 24.3 Å². The third kappa shape index (κ3) is 3.26. The zero-order valence-electron chi connectivity index (χ0n) is 9.66. The number of benzene rings is 1. The molecule has 1 rings (SSSR count). The highest BCUT2D eigenvalue weighted by Gasteiger charge is 2.41. The zero-order chi connectivity index (χ0) is 13.1. The summed E-state index contributed by atoms with van der Waals surface area (Å²) >= 11 is 0. The van der Waals surface area contributed by atoms with Gasteiger partial charge in [0.1, 0.15) is 11.8 Å². The lowest BCUT2D eigenvalue weighted by atomic mass is 10.2. The summed E-state index contributed by atoms with van der Waals surface area (Å²) in [5.74, 6) is 0.507. The van der Waals surface area contributed by atoms with E-state index in [2.05, 4.69) is 0 Å². The van der Waals surface area contributed by atoms with Gasteiger partial charge >= 0.3 is 6.18 Å². The summed E-state index contributed by atoms with van der Waals surface area (Å²) in [6, 6.07) is 4.72. The van der Waals surface area contributed by atoms with E-state index in [0.717, 1.165) is 4.90 Å². The van der Waals surface area contributed by atoms with Gasteiger partial charge in [-0.2, -0.15) is 13.2 Å². The molecule has 0 fully saturated rings. The van der Waals surface area contributed by atoms with Crippen LogP contribution in [0.15, 0.2) is 24.3 Å². The lowest BCUT2D eigenvalue weighted by Crippen LogP contribution is -2.48. The average molecular weight is 248 g/mol. The molecule has 1 aromatic carbocycles. The molecule has 0 heterocycles. The van der Waals surface area contributed by atoms with Crippen LogP contribution in [0.3, 0.4) is 0 Å². The Morgan fingerprint density at radius 3 is 2.53 bits per heavy atom. The number of alkyl halides is 3. The molecule has 0 aliphatic carbocycles. The number of hydrogen-bond acceptors (Lipinski definition) is 3. The van der Waals surface area contributed by atoms with E-state index in [0.29, 0.717) is 11.4 Å². The van der Waals surface area contributed by atoms with E-state index < -0.39 is 18.8 Å². The summed E-state index contributed by atoms with van der Waals surface area (Å²) in [6.45, 7) is -0.489. The number of methoxy groups -OCH3 is 1. The Balaban J connectivity index is 2.97. The zero-order valence-corrected chi connectivity index (χ0v) is 9.66. The van der Waals surface area contributed by atoms with Crippen LogP contribution in [0.4, 0.5) is 18.9 Å². The van der Waals surface area contributed by atoms with Gasteiger partial charge in [0.25, 0.3) is 0 Å². The second kappa shape index (κ2) is 5.27. The van der Waals surface area contributed by atoms with Crippen LogP contribution in [0, 0.1) is 0 Å². The van der Waals surface area contributed by atoms with Crippen LogP contribution in [0.5, 0.6) is 5.75 Å². The topological polar surface area (TPSA) is 38.5 Å². The average Bonchev–Trinajstić information content (AvgIpc) is 2.28. The Bertz CT molecular complexity index is 368. The molecule has 0 saturated heterocycles. The summed E-state index contributed by atoms with van der Waals surface area (Å²) in [4.78, 5) is 1.10. The molecule has 0 amide bonds. The molecule has 2 N–H and O–H groups in total. The lowest BCUT2D eigenvalue weighted by molar-refractivity contribution is -0.145. The van der Waals surface area contributed by atoms with E-state index in [1.807, 2.05) is 0 Å². The third-order valence-electron chi connectivity index (χ3n) is 2.53. The lowest BCUT2D eigenvalue weighted by Gasteiger charge is -2.30. The highest BCUT2D eigenvalue weighted by atomic mass is 19.4. The minimum atomic E-state index is -4.35. The van der Waals surface area contributed by atoms with Crippen molar-refractivity contribution in [1.29, 1.82) is 0 Å². The second-order valence-corrected chi connectivity index (χ2v) is 3.61. The van der Waals surface area contributed by atoms with Crippen molar-refractivity contribution in [3.63, 3.8) is 0 Å². The highest BCUT2D eigenvalue weighted by molar-refractivity contribution is 5.51. The van der Waals surface area contributed by atoms with Crippen molar-refractivity contribution in [2.75, 3.05) is 25.6 Å². The molecule has 1 aromatic rings. The van der Waals surface area contributed by atoms with Crippen LogP contribution in [0.2, 0.25) is 0 Å². The first-order valence-corrected chi connectivity index (χ1v) is 5.03. The number of likely N-dealkylation sites (N-methyl/N-ethyl adjacent to an activating group) is 1. The largest absolute Gasteiger partial charge is 0.497 e. The predicted octanol–water partition coefficient (Wildman–Crippen LogP) is 2.02. The summed E-state index contributed by atoms with van der Waals surface area (Å²) < 4.78 is 43.0. The molecule has 96 valence electrons. The van der Waals surface area contributed by atoms with Crippen LogP contribution in [-0.4, -0.2) is 32.9 Å². The molecule has 1 unspecified atom stereocenters. The van der Waals surface area contributed by atoms with Gasteiger partial charge in [-0.1, -0.05) is 6.07 Å². The van der Waals surface area contributed by atoms with Crippen LogP contribution < -0.4 is 15.4 Å². The molecule has 1 atom stereocenters. The molecular formula is C11H15F3N2O. The van der Waals surface area contributed by atoms with E-state index in [9.17, 15) is 13.2 Å². The van der Waals surface area contributed by atoms with Crippen molar-refractivity contribution < 1.29 is 17.9 Å². The number of rotatable bonds is 4. The molecule has 0 aromatic heterocycles. The number of halogens is 3. The van der Waals surface area contributed by atoms with Gasteiger partial charge in [-0.25, -0.2) is 0 Å². The minimum absolute atomic E-state index is 0.414. The third-order valence-corrected chi connectivity index (χ3v) is 2.53. The van der Waals surface area contributed by atoms with Crippen molar-refractivity contribution >= 4 is 5.69 Å². The molecule has 17 heavy (non-hydrogen) atoms. The first kappa shape index (κ1) is 13.6. The Morgan fingerprint density at radius 1 is 1.41 bits per heavy atom. The number of ether oxygens (including phenoxy) is 1. The number of hydrogen-bond donors (Lipinski definition) is 1. The van der Waals surface area contributed by atoms with Gasteiger partial charge in [-0.3, -0.25) is 0 Å². The van der Waals surface area contributed by atoms with Gasteiger partial charge in [0.15, 0.2) is 0 Å². The van der Waals surface area contributed by atoms with E-state index in [4.69, 9.17) is 10.5 Å². The number of nitrogens with two attached hydrogens (primary N) is 1. The summed E-state index contributed by atoms with van der Waals surface area (Å²) in [7, 11) is 2.82. The van der Waals surface area contributed by atoms with Gasteiger partial charge in [0, 0.05) is 25.3 Å². The molecule has 0 saturated carbocycles. The number of nitrogens with zero attached hydrogens (tertiary/aromatic N) is 1. The maximum Gasteiger partial charge on any atom is 0.409 e. The van der Waals surface area contributed by atoms with Crippen LogP contribution in [0.25, 0.3) is 0 Å². The van der Waals surface area contributed by atoms with E-state index >= 15 is 0 Å². The predicted molar refractivity (Wildman–Crippen MR) is 60.3 cm³/mol. The van der Waals surface area contributed by atoms with Gasteiger partial charge < -0.3 is 15.4 Å². The molecule has 3 nitrogen and oxygen atoms in total. The van der Waals surface area contributed by atoms with E-state index in [1.54, 1.807) is 18.2 Å². The van der Waals surface area contributed by atoms with Gasteiger partial charge in [0.2, 0.25) is 0 Å². The highest BCUT2D eigenvalue weighted by Crippen LogP contribution is 2.28. The van der Waals surface area contributed by atoms with Crippen LogP contribution >= 0.6 is 0 Å². The molecule has 0 aliphatic rings. The molecule has 0 aliphatic heterocycles. The second-order valence-electron chi connectivity index (χ2n) is 3.61. The molecule has 6 heteroatoms. The Kier molecular flexibility index (Phi) is 4.22. The van der Waals surface area contributed by atoms with Gasteiger partial charge in [-0.05, 0) is 12.1 Å². The number of anilines is 1. The van der Waals surface area contributed by atoms with Crippen molar-refractivity contribution in [2.45, 2.75) is 12.2 Å². The molecule has 0 radical (unpaired) electrons. The summed E-state index contributed by atoms with van der Waals surface area (Å²) in [5, 5.41) is 0.